The second-order valence-corrected chi connectivity index (χ2v) is 3.94. The van der Waals surface area contributed by atoms with Gasteiger partial charge in [0, 0.05) is 5.69 Å². The van der Waals surface area contributed by atoms with Crippen LogP contribution in [0.4, 0.5) is 18.9 Å². The standard InChI is InChI=1S/C12H11F3N2O2/c1-7(6-18)11(19)17-9-3-2-8(5-16)10(4-9)12(13,14)15/h2-4,7,18H,6H2,1H3,(H,17,19). The molecule has 2 N–H and O–H groups in total. The summed E-state index contributed by atoms with van der Waals surface area (Å²) in [6.07, 6.45) is -4.67. The van der Waals surface area contributed by atoms with E-state index in [9.17, 15) is 18.0 Å². The van der Waals surface area contributed by atoms with Gasteiger partial charge in [-0.25, -0.2) is 0 Å². The largest absolute Gasteiger partial charge is 0.417 e. The van der Waals surface area contributed by atoms with E-state index in [1.54, 1.807) is 0 Å². The van der Waals surface area contributed by atoms with E-state index in [0.717, 1.165) is 6.07 Å². The molecule has 4 nitrogen and oxygen atoms in total. The lowest BCUT2D eigenvalue weighted by molar-refractivity contribution is -0.137. The maximum atomic E-state index is 12.7. The van der Waals surface area contributed by atoms with Crippen LogP contribution in [-0.2, 0) is 11.0 Å². The third-order valence-electron chi connectivity index (χ3n) is 2.43. The fraction of sp³-hybridized carbons (Fsp3) is 0.333. The maximum Gasteiger partial charge on any atom is 0.417 e. The smallest absolute Gasteiger partial charge is 0.396 e. The third kappa shape index (κ3) is 3.69. The van der Waals surface area contributed by atoms with Gasteiger partial charge in [0.15, 0.2) is 0 Å². The Morgan fingerprint density at radius 3 is 2.63 bits per heavy atom. The van der Waals surface area contributed by atoms with Crippen molar-refractivity contribution in [1.29, 1.82) is 5.26 Å². The first-order chi connectivity index (χ1) is 8.79. The Kier molecular flexibility index (Phi) is 4.51. The number of alkyl halides is 3. The predicted octanol–water partition coefficient (Wildman–Crippen LogP) is 2.14. The number of carbonyl (C=O) groups excluding carboxylic acids is 1. The lowest BCUT2D eigenvalue weighted by atomic mass is 10.1. The minimum absolute atomic E-state index is 0.0726. The number of nitriles is 1. The molecule has 1 aromatic rings. The van der Waals surface area contributed by atoms with Crippen molar-refractivity contribution in [2.24, 2.45) is 5.92 Å². The van der Waals surface area contributed by atoms with Crippen LogP contribution in [0.5, 0.6) is 0 Å². The lowest BCUT2D eigenvalue weighted by Crippen LogP contribution is -2.23. The number of carbonyl (C=O) groups is 1. The first-order valence-electron chi connectivity index (χ1n) is 5.32. The Hall–Kier alpha value is -2.07. The van der Waals surface area contributed by atoms with Gasteiger partial charge >= 0.3 is 6.18 Å². The van der Waals surface area contributed by atoms with Crippen LogP contribution in [0.1, 0.15) is 18.1 Å². The fourth-order valence-electron chi connectivity index (χ4n) is 1.30. The number of amides is 1. The molecule has 0 fully saturated rings. The minimum atomic E-state index is -4.67. The molecule has 7 heteroatoms. The monoisotopic (exact) mass is 272 g/mol. The molecular formula is C12H11F3N2O2. The van der Waals surface area contributed by atoms with Crippen molar-refractivity contribution in [3.63, 3.8) is 0 Å². The Labute approximate surface area is 107 Å². The van der Waals surface area contributed by atoms with Crippen LogP contribution in [0.3, 0.4) is 0 Å². The van der Waals surface area contributed by atoms with Crippen LogP contribution in [0.2, 0.25) is 0 Å². The number of nitrogens with one attached hydrogen (secondary N) is 1. The molecule has 0 saturated carbocycles. The van der Waals surface area contributed by atoms with E-state index >= 15 is 0 Å². The van der Waals surface area contributed by atoms with Crippen LogP contribution in [0, 0.1) is 17.2 Å². The second kappa shape index (κ2) is 5.71. The van der Waals surface area contributed by atoms with Crippen LogP contribution in [0.25, 0.3) is 0 Å². The zero-order chi connectivity index (χ0) is 14.6. The number of benzene rings is 1. The van der Waals surface area contributed by atoms with Crippen molar-refractivity contribution in [2.45, 2.75) is 13.1 Å². The van der Waals surface area contributed by atoms with Crippen molar-refractivity contribution >= 4 is 11.6 Å². The summed E-state index contributed by atoms with van der Waals surface area (Å²) in [5.41, 5.74) is -1.69. The highest BCUT2D eigenvalue weighted by molar-refractivity contribution is 5.92. The zero-order valence-electron chi connectivity index (χ0n) is 9.95. The van der Waals surface area contributed by atoms with E-state index in [0.29, 0.717) is 6.07 Å². The first kappa shape index (κ1) is 15.0. The Morgan fingerprint density at radius 2 is 2.16 bits per heavy atom. The van der Waals surface area contributed by atoms with Crippen molar-refractivity contribution < 1.29 is 23.1 Å². The van der Waals surface area contributed by atoms with Gasteiger partial charge < -0.3 is 10.4 Å². The molecule has 0 aliphatic carbocycles. The summed E-state index contributed by atoms with van der Waals surface area (Å²) in [5, 5.41) is 19.6. The van der Waals surface area contributed by atoms with E-state index in [-0.39, 0.29) is 5.69 Å². The normalized spacial score (nSPS) is 12.6. The van der Waals surface area contributed by atoms with Gasteiger partial charge in [0.2, 0.25) is 5.91 Å². The summed E-state index contributed by atoms with van der Waals surface area (Å²) in [5.74, 6) is -1.33. The highest BCUT2D eigenvalue weighted by Gasteiger charge is 2.34. The topological polar surface area (TPSA) is 73.1 Å². The van der Waals surface area contributed by atoms with E-state index in [2.05, 4.69) is 5.32 Å². The lowest BCUT2D eigenvalue weighted by Gasteiger charge is -2.13. The quantitative estimate of drug-likeness (QED) is 0.885. The van der Waals surface area contributed by atoms with E-state index in [1.165, 1.54) is 19.1 Å². The van der Waals surface area contributed by atoms with Crippen molar-refractivity contribution in [3.8, 4) is 6.07 Å². The van der Waals surface area contributed by atoms with E-state index < -0.39 is 35.7 Å². The second-order valence-electron chi connectivity index (χ2n) is 3.94. The molecule has 0 radical (unpaired) electrons. The number of aliphatic hydroxyl groups excluding tert-OH is 1. The highest BCUT2D eigenvalue weighted by Crippen LogP contribution is 2.33. The van der Waals surface area contributed by atoms with Gasteiger partial charge in [-0.15, -0.1) is 0 Å². The van der Waals surface area contributed by atoms with Gasteiger partial charge in [0.05, 0.1) is 29.7 Å². The number of nitrogens with zero attached hydrogens (tertiary/aromatic N) is 1. The number of hydrogen-bond acceptors (Lipinski definition) is 3. The summed E-state index contributed by atoms with van der Waals surface area (Å²) < 4.78 is 38.0. The Balaban J connectivity index is 3.07. The maximum absolute atomic E-state index is 12.7. The molecule has 1 atom stereocenters. The first-order valence-corrected chi connectivity index (χ1v) is 5.32. The molecular weight excluding hydrogens is 261 g/mol. The Bertz CT molecular complexity index is 521. The van der Waals surface area contributed by atoms with Gasteiger partial charge in [-0.3, -0.25) is 4.79 Å². The fourth-order valence-corrected chi connectivity index (χ4v) is 1.30. The summed E-state index contributed by atoms with van der Waals surface area (Å²) in [6, 6.07) is 4.33. The van der Waals surface area contributed by atoms with Crippen molar-refractivity contribution in [1.82, 2.24) is 0 Å². The van der Waals surface area contributed by atoms with Crippen molar-refractivity contribution in [3.05, 3.63) is 29.3 Å². The summed E-state index contributed by atoms with van der Waals surface area (Å²) in [7, 11) is 0. The van der Waals surface area contributed by atoms with Crippen molar-refractivity contribution in [2.75, 3.05) is 11.9 Å². The third-order valence-corrected chi connectivity index (χ3v) is 2.43. The van der Waals surface area contributed by atoms with Crippen LogP contribution in [0.15, 0.2) is 18.2 Å². The SMILES string of the molecule is CC(CO)C(=O)Nc1ccc(C#N)c(C(F)(F)F)c1. The van der Waals surface area contributed by atoms with Gasteiger partial charge in [0.1, 0.15) is 0 Å². The average Bonchev–Trinajstić information content (AvgIpc) is 2.36. The van der Waals surface area contributed by atoms with Crippen LogP contribution in [-0.4, -0.2) is 17.6 Å². The predicted molar refractivity (Wildman–Crippen MR) is 61.0 cm³/mol. The number of halogens is 3. The molecule has 0 aromatic heterocycles. The zero-order valence-corrected chi connectivity index (χ0v) is 9.95. The average molecular weight is 272 g/mol. The molecule has 1 rings (SSSR count). The molecule has 102 valence electrons. The molecule has 1 aromatic carbocycles. The minimum Gasteiger partial charge on any atom is -0.396 e. The van der Waals surface area contributed by atoms with Crippen LogP contribution < -0.4 is 5.32 Å². The number of rotatable bonds is 3. The summed E-state index contributed by atoms with van der Waals surface area (Å²) in [6.45, 7) is 1.03. The molecule has 0 aliphatic heterocycles. The molecule has 1 unspecified atom stereocenters. The Morgan fingerprint density at radius 1 is 1.53 bits per heavy atom. The summed E-state index contributed by atoms with van der Waals surface area (Å²) >= 11 is 0. The van der Waals surface area contributed by atoms with Crippen LogP contribution >= 0.6 is 0 Å². The number of anilines is 1. The number of hydrogen-bond donors (Lipinski definition) is 2. The van der Waals surface area contributed by atoms with Gasteiger partial charge in [-0.05, 0) is 18.2 Å². The molecule has 0 bridgehead atoms. The van der Waals surface area contributed by atoms with Gasteiger partial charge in [0.25, 0.3) is 0 Å². The molecule has 19 heavy (non-hydrogen) atoms. The van der Waals surface area contributed by atoms with Gasteiger partial charge in [-0.1, -0.05) is 6.92 Å². The van der Waals surface area contributed by atoms with E-state index in [1.807, 2.05) is 0 Å². The summed E-state index contributed by atoms with van der Waals surface area (Å²) in [4.78, 5) is 11.4. The molecule has 1 amide bonds. The highest BCUT2D eigenvalue weighted by atomic mass is 19.4. The van der Waals surface area contributed by atoms with E-state index in [4.69, 9.17) is 10.4 Å². The number of aliphatic hydroxyl groups is 1. The molecule has 0 heterocycles. The molecule has 0 saturated heterocycles. The van der Waals surface area contributed by atoms with Gasteiger partial charge in [-0.2, -0.15) is 18.4 Å². The molecule has 0 spiro atoms. The molecule has 0 aliphatic rings.